The average Bonchev–Trinajstić information content (AvgIpc) is 3.67. The lowest BCUT2D eigenvalue weighted by Crippen LogP contribution is -2.53. The van der Waals surface area contributed by atoms with E-state index >= 15 is 0 Å². The van der Waals surface area contributed by atoms with E-state index in [-0.39, 0.29) is 17.7 Å². The second kappa shape index (κ2) is 11.4. The summed E-state index contributed by atoms with van der Waals surface area (Å²) in [5.41, 5.74) is 16.7. The van der Waals surface area contributed by atoms with Crippen molar-refractivity contribution in [3.63, 3.8) is 0 Å². The predicted octanol–water partition coefficient (Wildman–Crippen LogP) is 11.8. The van der Waals surface area contributed by atoms with Gasteiger partial charge in [0.05, 0.1) is 11.0 Å². The molecule has 7 aromatic carbocycles. The molecule has 0 spiro atoms. The van der Waals surface area contributed by atoms with E-state index < -0.39 is 0 Å². The van der Waals surface area contributed by atoms with Crippen LogP contribution in [0.15, 0.2) is 152 Å². The van der Waals surface area contributed by atoms with Crippen molar-refractivity contribution in [2.45, 2.75) is 52.4 Å². The van der Waals surface area contributed by atoms with Crippen molar-refractivity contribution in [3.05, 3.63) is 163 Å². The van der Waals surface area contributed by atoms with Gasteiger partial charge in [0.1, 0.15) is 0 Å². The fraction of sp³-hybridized carbons (Fsp3) is 0.160. The van der Waals surface area contributed by atoms with Gasteiger partial charge in [0, 0.05) is 38.3 Å². The number of hydrogen-bond acceptors (Lipinski definition) is 0. The number of benzene rings is 7. The molecule has 3 heterocycles. The Morgan fingerprint density at radius 3 is 1.55 bits per heavy atom. The van der Waals surface area contributed by atoms with Gasteiger partial charge in [-0.1, -0.05) is 157 Å². The lowest BCUT2D eigenvalue weighted by atomic mass is 9.48. The van der Waals surface area contributed by atoms with Gasteiger partial charge >= 0.3 is 6.85 Å². The van der Waals surface area contributed by atoms with Crippen LogP contribution in [-0.2, 0) is 10.8 Å². The third kappa shape index (κ3) is 4.87. The third-order valence-corrected chi connectivity index (χ3v) is 11.7. The first-order valence-corrected chi connectivity index (χ1v) is 19.0. The van der Waals surface area contributed by atoms with E-state index in [2.05, 4.69) is 202 Å². The highest BCUT2D eigenvalue weighted by molar-refractivity contribution is 6.88. The maximum atomic E-state index is 2.69. The van der Waals surface area contributed by atoms with Crippen LogP contribution in [0.1, 0.15) is 52.7 Å². The molecule has 256 valence electrons. The third-order valence-electron chi connectivity index (χ3n) is 11.7. The monoisotopic (exact) mass is 682 g/mol. The van der Waals surface area contributed by atoms with Crippen LogP contribution in [-0.4, -0.2) is 15.9 Å². The van der Waals surface area contributed by atoms with Crippen molar-refractivity contribution >= 4 is 61.4 Å². The highest BCUT2D eigenvalue weighted by Crippen LogP contribution is 2.41. The van der Waals surface area contributed by atoms with Crippen molar-refractivity contribution in [3.8, 4) is 27.9 Å². The second-order valence-electron chi connectivity index (χ2n) is 17.1. The molecule has 1 aliphatic rings. The molecule has 3 heteroatoms. The Bertz CT molecular complexity index is 2820. The Hall–Kier alpha value is -5.80. The summed E-state index contributed by atoms with van der Waals surface area (Å²) in [6, 6.07) is 57.2. The fourth-order valence-corrected chi connectivity index (χ4v) is 8.87. The van der Waals surface area contributed by atoms with Crippen LogP contribution in [0.5, 0.6) is 0 Å². The summed E-state index contributed by atoms with van der Waals surface area (Å²) in [7, 11) is 0. The molecule has 10 rings (SSSR count). The highest BCUT2D eigenvalue weighted by Gasteiger charge is 2.37. The number of fused-ring (bicyclic) bond motifs is 8. The molecule has 0 radical (unpaired) electrons. The van der Waals surface area contributed by atoms with Gasteiger partial charge in [-0.3, -0.25) is 0 Å². The first kappa shape index (κ1) is 31.9. The first-order valence-electron chi connectivity index (χ1n) is 19.0. The van der Waals surface area contributed by atoms with Gasteiger partial charge in [-0.15, -0.1) is 0 Å². The van der Waals surface area contributed by atoms with E-state index in [0.29, 0.717) is 0 Å². The van der Waals surface area contributed by atoms with E-state index in [4.69, 9.17) is 0 Å². The minimum Gasteiger partial charge on any atom is -0.376 e. The molecule has 0 saturated carbocycles. The molecule has 0 atom stereocenters. The van der Waals surface area contributed by atoms with Crippen molar-refractivity contribution in [2.75, 3.05) is 0 Å². The Morgan fingerprint density at radius 2 is 0.943 bits per heavy atom. The molecule has 53 heavy (non-hydrogen) atoms. The SMILES string of the molecule is CC(C)(C)c1ccc2c3ccc(C(C)(C)C)cc3n(B3c4ccccc4-n4c5ccc(-c6ccccc6)cc5c5cc(-c6ccccc6)cc3c54)c2c1. The number of nitrogens with zero attached hydrogens (tertiary/aromatic N) is 2. The molecule has 0 unspecified atom stereocenters. The molecule has 2 nitrogen and oxygen atoms in total. The van der Waals surface area contributed by atoms with Crippen LogP contribution < -0.4 is 10.9 Å². The number of aromatic nitrogens is 2. The van der Waals surface area contributed by atoms with E-state index in [1.54, 1.807) is 0 Å². The molecule has 9 aromatic rings. The van der Waals surface area contributed by atoms with Crippen molar-refractivity contribution in [2.24, 2.45) is 0 Å². The van der Waals surface area contributed by atoms with Crippen molar-refractivity contribution in [1.29, 1.82) is 0 Å². The molecular formula is C50H43BN2. The Balaban J connectivity index is 1.38. The maximum absolute atomic E-state index is 2.69. The highest BCUT2D eigenvalue weighted by atomic mass is 15.0. The van der Waals surface area contributed by atoms with Gasteiger partial charge in [-0.25, -0.2) is 0 Å². The van der Waals surface area contributed by atoms with E-state index in [1.165, 1.54) is 93.6 Å². The van der Waals surface area contributed by atoms with E-state index in [9.17, 15) is 0 Å². The minimum atomic E-state index is -0.0480. The quantitative estimate of drug-likeness (QED) is 0.164. The molecular weight excluding hydrogens is 639 g/mol. The zero-order valence-corrected chi connectivity index (χ0v) is 31.4. The van der Waals surface area contributed by atoms with Crippen molar-refractivity contribution < 1.29 is 0 Å². The van der Waals surface area contributed by atoms with Crippen LogP contribution >= 0.6 is 0 Å². The fourth-order valence-electron chi connectivity index (χ4n) is 8.87. The summed E-state index contributed by atoms with van der Waals surface area (Å²) in [5, 5.41) is 5.18. The molecule has 0 aliphatic carbocycles. The zero-order chi connectivity index (χ0) is 36.2. The lowest BCUT2D eigenvalue weighted by Gasteiger charge is -2.29. The van der Waals surface area contributed by atoms with Gasteiger partial charge < -0.3 is 9.05 Å². The van der Waals surface area contributed by atoms with Crippen LogP contribution in [0.3, 0.4) is 0 Å². The van der Waals surface area contributed by atoms with Crippen LogP contribution in [0.2, 0.25) is 0 Å². The summed E-state index contributed by atoms with van der Waals surface area (Å²) >= 11 is 0. The molecule has 1 aliphatic heterocycles. The minimum absolute atomic E-state index is 0.0138. The maximum Gasteiger partial charge on any atom is 0.332 e. The average molecular weight is 683 g/mol. The van der Waals surface area contributed by atoms with Gasteiger partial charge in [0.25, 0.3) is 0 Å². The summed E-state index contributed by atoms with van der Waals surface area (Å²) in [6.07, 6.45) is 0. The van der Waals surface area contributed by atoms with E-state index in [0.717, 1.165) is 0 Å². The van der Waals surface area contributed by atoms with Gasteiger partial charge in [0.15, 0.2) is 0 Å². The number of para-hydroxylation sites is 1. The summed E-state index contributed by atoms with van der Waals surface area (Å²) in [5.74, 6) is 0. The topological polar surface area (TPSA) is 9.86 Å². The molecule has 0 saturated heterocycles. The molecule has 0 bridgehead atoms. The van der Waals surface area contributed by atoms with Gasteiger partial charge in [-0.05, 0) is 91.5 Å². The Morgan fingerprint density at radius 1 is 0.396 bits per heavy atom. The molecule has 0 amide bonds. The summed E-state index contributed by atoms with van der Waals surface area (Å²) < 4.78 is 5.23. The number of hydrogen-bond donors (Lipinski definition) is 0. The van der Waals surface area contributed by atoms with Crippen LogP contribution in [0, 0.1) is 0 Å². The first-order chi connectivity index (χ1) is 25.6. The Labute approximate surface area is 312 Å². The Kier molecular flexibility index (Phi) is 6.83. The zero-order valence-electron chi connectivity index (χ0n) is 31.4. The van der Waals surface area contributed by atoms with Gasteiger partial charge in [0.2, 0.25) is 0 Å². The standard InChI is InChI=1S/C50H43BN2/c1-49(2,3)36-22-24-38-39-25-23-37(50(4,5)6)31-47(39)53(46(38)30-36)51-42-19-13-14-20-45(42)52-44-26-21-34(32-15-9-7-10-16-32)27-40(44)41-28-35(29-43(51)48(41)52)33-17-11-8-12-18-33/h7-31H,1-6H3. The van der Waals surface area contributed by atoms with Gasteiger partial charge in [-0.2, -0.15) is 0 Å². The number of rotatable bonds is 3. The molecule has 0 fully saturated rings. The summed E-state index contributed by atoms with van der Waals surface area (Å²) in [6.45, 7) is 13.9. The smallest absolute Gasteiger partial charge is 0.332 e. The largest absolute Gasteiger partial charge is 0.376 e. The van der Waals surface area contributed by atoms with Crippen LogP contribution in [0.25, 0.3) is 71.6 Å². The lowest BCUT2D eigenvalue weighted by molar-refractivity contribution is 0.591. The molecule has 0 N–H and O–H groups in total. The van der Waals surface area contributed by atoms with Crippen LogP contribution in [0.4, 0.5) is 0 Å². The predicted molar refractivity (Wildman–Crippen MR) is 229 cm³/mol. The summed E-state index contributed by atoms with van der Waals surface area (Å²) in [4.78, 5) is 0. The van der Waals surface area contributed by atoms with Crippen molar-refractivity contribution in [1.82, 2.24) is 9.05 Å². The normalized spacial score (nSPS) is 13.1. The van der Waals surface area contributed by atoms with E-state index in [1.807, 2.05) is 0 Å². The second-order valence-corrected chi connectivity index (χ2v) is 17.1. The molecule has 2 aromatic heterocycles.